The summed E-state index contributed by atoms with van der Waals surface area (Å²) in [4.78, 5) is 13.1. The first kappa shape index (κ1) is 18.2. The molecule has 4 aromatic rings. The maximum absolute atomic E-state index is 13.1. The minimum absolute atomic E-state index is 0.196. The van der Waals surface area contributed by atoms with Crippen LogP contribution in [-0.2, 0) is 4.79 Å². The van der Waals surface area contributed by atoms with Crippen molar-refractivity contribution in [2.45, 2.75) is 5.92 Å². The van der Waals surface area contributed by atoms with E-state index in [9.17, 15) is 4.79 Å². The summed E-state index contributed by atoms with van der Waals surface area (Å²) in [6.45, 7) is 0. The lowest BCUT2D eigenvalue weighted by Gasteiger charge is -2.18. The number of thiocarbonyl (C=S) groups is 1. The van der Waals surface area contributed by atoms with E-state index in [1.54, 1.807) is 0 Å². The van der Waals surface area contributed by atoms with E-state index >= 15 is 0 Å². The summed E-state index contributed by atoms with van der Waals surface area (Å²) in [5.74, 6) is -0.655. The van der Waals surface area contributed by atoms with Gasteiger partial charge in [-0.2, -0.15) is 8.75 Å². The summed E-state index contributed by atoms with van der Waals surface area (Å²) in [7, 11) is 0. The normalized spacial score (nSPS) is 10.8. The Labute approximate surface area is 171 Å². The molecule has 0 saturated heterocycles. The Bertz CT molecular complexity index is 1070. The summed E-state index contributed by atoms with van der Waals surface area (Å²) in [6.07, 6.45) is 0. The van der Waals surface area contributed by atoms with E-state index in [1.165, 1.54) is 0 Å². The third-order valence-corrected chi connectivity index (χ3v) is 5.05. The van der Waals surface area contributed by atoms with Crippen LogP contribution in [0.2, 0.25) is 0 Å². The highest BCUT2D eigenvalue weighted by Gasteiger charge is 2.23. The number of aromatic nitrogens is 2. The van der Waals surface area contributed by atoms with Crippen molar-refractivity contribution in [3.05, 3.63) is 90.0 Å². The number of nitrogens with zero attached hydrogens (tertiary/aromatic N) is 2. The van der Waals surface area contributed by atoms with E-state index in [4.69, 9.17) is 12.2 Å². The number of hydrogen-bond acceptors (Lipinski definition) is 5. The predicted octanol–water partition coefficient (Wildman–Crippen LogP) is 4.34. The van der Waals surface area contributed by atoms with Gasteiger partial charge in [0.2, 0.25) is 5.91 Å². The van der Waals surface area contributed by atoms with Gasteiger partial charge >= 0.3 is 0 Å². The second-order valence-electron chi connectivity index (χ2n) is 6.14. The molecule has 0 spiro atoms. The van der Waals surface area contributed by atoms with Crippen molar-refractivity contribution in [2.75, 3.05) is 5.32 Å². The van der Waals surface area contributed by atoms with Gasteiger partial charge in [-0.3, -0.25) is 4.79 Å². The number of rotatable bonds is 4. The topological polar surface area (TPSA) is 66.9 Å². The van der Waals surface area contributed by atoms with Gasteiger partial charge in [0.15, 0.2) is 5.11 Å². The molecule has 3 aromatic carbocycles. The molecule has 5 nitrogen and oxygen atoms in total. The van der Waals surface area contributed by atoms with Crippen molar-refractivity contribution in [2.24, 2.45) is 0 Å². The van der Waals surface area contributed by atoms with Crippen molar-refractivity contribution >= 4 is 51.7 Å². The largest absolute Gasteiger partial charge is 0.331 e. The van der Waals surface area contributed by atoms with Crippen molar-refractivity contribution in [1.82, 2.24) is 14.1 Å². The van der Waals surface area contributed by atoms with Crippen LogP contribution in [0.4, 0.5) is 5.69 Å². The fraction of sp³-hybridized carbons (Fsp3) is 0.0476. The number of hydrogen-bond donors (Lipinski definition) is 2. The zero-order valence-corrected chi connectivity index (χ0v) is 16.3. The molecule has 0 atom stereocenters. The van der Waals surface area contributed by atoms with Crippen LogP contribution in [0, 0.1) is 0 Å². The highest BCUT2D eigenvalue weighted by Crippen LogP contribution is 2.25. The number of amides is 1. The SMILES string of the molecule is O=C(NC(=S)Nc1cccc2nsnc12)C(c1ccccc1)c1ccccc1. The van der Waals surface area contributed by atoms with Crippen LogP contribution in [-0.4, -0.2) is 19.8 Å². The third-order valence-electron chi connectivity index (χ3n) is 4.30. The molecule has 2 N–H and O–H groups in total. The fourth-order valence-corrected chi connectivity index (χ4v) is 3.79. The molecule has 0 aliphatic carbocycles. The van der Waals surface area contributed by atoms with E-state index in [0.717, 1.165) is 33.9 Å². The van der Waals surface area contributed by atoms with E-state index in [2.05, 4.69) is 19.4 Å². The van der Waals surface area contributed by atoms with Gasteiger partial charge in [-0.1, -0.05) is 66.7 Å². The summed E-state index contributed by atoms with van der Waals surface area (Å²) in [5, 5.41) is 6.11. The van der Waals surface area contributed by atoms with E-state index < -0.39 is 5.92 Å². The summed E-state index contributed by atoms with van der Waals surface area (Å²) in [5.41, 5.74) is 4.04. The van der Waals surface area contributed by atoms with Gasteiger partial charge in [0, 0.05) is 0 Å². The number of benzene rings is 3. The number of anilines is 1. The molecule has 138 valence electrons. The van der Waals surface area contributed by atoms with E-state index in [1.807, 2.05) is 78.9 Å². The quantitative estimate of drug-likeness (QED) is 0.496. The molecule has 0 aliphatic rings. The Kier molecular flexibility index (Phi) is 5.36. The molecule has 0 radical (unpaired) electrons. The number of fused-ring (bicyclic) bond motifs is 1. The first-order valence-electron chi connectivity index (χ1n) is 8.65. The van der Waals surface area contributed by atoms with Gasteiger partial charge in [0.1, 0.15) is 11.0 Å². The van der Waals surface area contributed by atoms with Crippen molar-refractivity contribution in [3.8, 4) is 0 Å². The zero-order valence-electron chi connectivity index (χ0n) is 14.7. The average molecular weight is 405 g/mol. The zero-order chi connectivity index (χ0) is 19.3. The van der Waals surface area contributed by atoms with Crippen LogP contribution in [0.1, 0.15) is 17.0 Å². The van der Waals surface area contributed by atoms with E-state index in [0.29, 0.717) is 5.69 Å². The lowest BCUT2D eigenvalue weighted by molar-refractivity contribution is -0.120. The van der Waals surface area contributed by atoms with Gasteiger partial charge in [0.25, 0.3) is 0 Å². The van der Waals surface area contributed by atoms with Gasteiger partial charge in [-0.25, -0.2) is 0 Å². The molecule has 0 aliphatic heterocycles. The highest BCUT2D eigenvalue weighted by molar-refractivity contribution is 7.80. The first-order valence-corrected chi connectivity index (χ1v) is 9.79. The molecule has 1 aromatic heterocycles. The van der Waals surface area contributed by atoms with Crippen LogP contribution in [0.5, 0.6) is 0 Å². The van der Waals surface area contributed by atoms with Gasteiger partial charge in [-0.05, 0) is 35.5 Å². The summed E-state index contributed by atoms with van der Waals surface area (Å²) < 4.78 is 8.49. The lowest BCUT2D eigenvalue weighted by Crippen LogP contribution is -2.37. The fourth-order valence-electron chi connectivity index (χ4n) is 3.03. The lowest BCUT2D eigenvalue weighted by atomic mass is 9.90. The standard InChI is InChI=1S/C21H16N4OS2/c26-20(18(14-8-3-1-4-9-14)15-10-5-2-6-11-15)23-21(27)22-16-12-7-13-17-19(16)25-28-24-17/h1-13,18H,(H2,22,23,26,27). The number of carbonyl (C=O) groups is 1. The first-order chi connectivity index (χ1) is 13.7. The minimum atomic E-state index is -0.459. The Morgan fingerprint density at radius 1 is 0.857 bits per heavy atom. The molecular weight excluding hydrogens is 388 g/mol. The van der Waals surface area contributed by atoms with Crippen LogP contribution in [0.3, 0.4) is 0 Å². The predicted molar refractivity (Wildman–Crippen MR) is 117 cm³/mol. The summed E-state index contributed by atoms with van der Waals surface area (Å²) in [6, 6.07) is 24.9. The molecule has 0 unspecified atom stereocenters. The highest BCUT2D eigenvalue weighted by atomic mass is 32.1. The molecular formula is C21H16N4OS2. The molecule has 0 bridgehead atoms. The van der Waals surface area contributed by atoms with E-state index in [-0.39, 0.29) is 11.0 Å². The third kappa shape index (κ3) is 3.90. The molecule has 0 fully saturated rings. The van der Waals surface area contributed by atoms with Gasteiger partial charge in [-0.15, -0.1) is 0 Å². The molecule has 1 amide bonds. The van der Waals surface area contributed by atoms with Gasteiger partial charge in [0.05, 0.1) is 23.3 Å². The molecule has 4 rings (SSSR count). The van der Waals surface area contributed by atoms with Crippen molar-refractivity contribution in [3.63, 3.8) is 0 Å². The Hall–Kier alpha value is -3.16. The molecule has 1 heterocycles. The maximum Gasteiger partial charge on any atom is 0.238 e. The van der Waals surface area contributed by atoms with Gasteiger partial charge < -0.3 is 10.6 Å². The Balaban J connectivity index is 1.56. The number of nitrogens with one attached hydrogen (secondary N) is 2. The summed E-state index contributed by atoms with van der Waals surface area (Å²) >= 11 is 6.52. The minimum Gasteiger partial charge on any atom is -0.331 e. The molecule has 7 heteroatoms. The maximum atomic E-state index is 13.1. The average Bonchev–Trinajstić information content (AvgIpc) is 3.20. The van der Waals surface area contributed by atoms with Crippen LogP contribution >= 0.6 is 23.9 Å². The Morgan fingerprint density at radius 3 is 2.14 bits per heavy atom. The molecule has 0 saturated carbocycles. The second kappa shape index (κ2) is 8.24. The molecule has 28 heavy (non-hydrogen) atoms. The smallest absolute Gasteiger partial charge is 0.238 e. The number of carbonyl (C=O) groups excluding carboxylic acids is 1. The van der Waals surface area contributed by atoms with Crippen molar-refractivity contribution < 1.29 is 4.79 Å². The monoisotopic (exact) mass is 404 g/mol. The Morgan fingerprint density at radius 2 is 1.50 bits per heavy atom. The van der Waals surface area contributed by atoms with Crippen LogP contribution < -0.4 is 10.6 Å². The van der Waals surface area contributed by atoms with Crippen LogP contribution in [0.25, 0.3) is 11.0 Å². The van der Waals surface area contributed by atoms with Crippen molar-refractivity contribution in [1.29, 1.82) is 0 Å². The van der Waals surface area contributed by atoms with Crippen LogP contribution in [0.15, 0.2) is 78.9 Å². The second-order valence-corrected chi connectivity index (χ2v) is 7.07.